The van der Waals surface area contributed by atoms with Crippen molar-refractivity contribution >= 4 is 17.9 Å². The maximum Gasteiger partial charge on any atom is 0.185 e. The monoisotopic (exact) mass is 330 g/mol. The molecule has 0 aromatic heterocycles. The summed E-state index contributed by atoms with van der Waals surface area (Å²) < 4.78 is 0. The van der Waals surface area contributed by atoms with E-state index in [9.17, 15) is 4.79 Å². The van der Waals surface area contributed by atoms with Gasteiger partial charge in [-0.3, -0.25) is 4.79 Å². The molecule has 1 nitrogen and oxygen atoms in total. The number of ketones is 1. The molecule has 0 unspecified atom stereocenters. The molecule has 0 amide bonds. The topological polar surface area (TPSA) is 17.1 Å². The molecule has 0 radical (unpaired) electrons. The molecule has 1 aliphatic carbocycles. The predicted molar refractivity (Wildman–Crippen MR) is 106 cm³/mol. The summed E-state index contributed by atoms with van der Waals surface area (Å²) in [6.07, 6.45) is 5.84. The first-order valence-corrected chi connectivity index (χ1v) is 8.99. The molecular weight excluding hydrogens is 304 g/mol. The van der Waals surface area contributed by atoms with Crippen LogP contribution in [0.5, 0.6) is 0 Å². The zero-order chi connectivity index (χ0) is 17.9. The lowest BCUT2D eigenvalue weighted by Crippen LogP contribution is -2.29. The molecule has 1 saturated carbocycles. The quantitative estimate of drug-likeness (QED) is 0.601. The van der Waals surface area contributed by atoms with Gasteiger partial charge in [0.05, 0.1) is 0 Å². The van der Waals surface area contributed by atoms with E-state index < -0.39 is 0 Å². The van der Waals surface area contributed by atoms with Gasteiger partial charge < -0.3 is 0 Å². The van der Waals surface area contributed by atoms with Crippen LogP contribution < -0.4 is 0 Å². The number of Topliss-reactive ketones (excluding diaryl/α,β-unsaturated/α-hetero) is 1. The molecule has 25 heavy (non-hydrogen) atoms. The summed E-state index contributed by atoms with van der Waals surface area (Å²) in [7, 11) is 0. The number of rotatable bonds is 2. The van der Waals surface area contributed by atoms with Crippen molar-refractivity contribution < 1.29 is 4.79 Å². The Bertz CT molecular complexity index is 727. The van der Waals surface area contributed by atoms with E-state index in [0.29, 0.717) is 5.92 Å². The van der Waals surface area contributed by atoms with Crippen molar-refractivity contribution in [3.63, 3.8) is 0 Å². The van der Waals surface area contributed by atoms with Crippen molar-refractivity contribution in [3.8, 4) is 0 Å². The Kier molecular flexibility index (Phi) is 5.03. The highest BCUT2D eigenvalue weighted by Crippen LogP contribution is 2.41. The summed E-state index contributed by atoms with van der Waals surface area (Å²) in [6, 6.07) is 20.3. The summed E-state index contributed by atoms with van der Waals surface area (Å²) in [5.41, 5.74) is 4.23. The third-order valence-electron chi connectivity index (χ3n) is 5.02. The minimum atomic E-state index is 0.173. The van der Waals surface area contributed by atoms with Crippen LogP contribution in [-0.4, -0.2) is 5.78 Å². The van der Waals surface area contributed by atoms with Gasteiger partial charge in [-0.05, 0) is 47.5 Å². The van der Waals surface area contributed by atoms with Crippen molar-refractivity contribution in [3.05, 3.63) is 82.9 Å². The van der Waals surface area contributed by atoms with Gasteiger partial charge in [0, 0.05) is 11.1 Å². The minimum Gasteiger partial charge on any atom is -0.289 e. The Hall–Kier alpha value is -2.41. The van der Waals surface area contributed by atoms with Gasteiger partial charge >= 0.3 is 0 Å². The first-order valence-electron chi connectivity index (χ1n) is 8.99. The molecule has 1 fully saturated rings. The second-order valence-corrected chi connectivity index (χ2v) is 7.96. The summed E-state index contributed by atoms with van der Waals surface area (Å²) in [4.78, 5) is 13.1. The molecule has 2 aromatic carbocycles. The van der Waals surface area contributed by atoms with Crippen LogP contribution in [0.25, 0.3) is 12.2 Å². The lowest BCUT2D eigenvalue weighted by atomic mass is 9.68. The Morgan fingerprint density at radius 3 is 1.52 bits per heavy atom. The largest absolute Gasteiger partial charge is 0.289 e. The van der Waals surface area contributed by atoms with E-state index in [-0.39, 0.29) is 11.2 Å². The van der Waals surface area contributed by atoms with Crippen LogP contribution in [0.15, 0.2) is 71.8 Å². The lowest BCUT2D eigenvalue weighted by Gasteiger charge is -2.35. The molecule has 0 aliphatic heterocycles. The van der Waals surface area contributed by atoms with Crippen molar-refractivity contribution in [1.29, 1.82) is 0 Å². The first-order chi connectivity index (χ1) is 11.9. The normalized spacial score (nSPS) is 21.7. The van der Waals surface area contributed by atoms with Crippen LogP contribution in [-0.2, 0) is 4.79 Å². The Labute approximate surface area is 151 Å². The smallest absolute Gasteiger partial charge is 0.185 e. The van der Waals surface area contributed by atoms with Gasteiger partial charge in [-0.1, -0.05) is 81.4 Å². The third kappa shape index (κ3) is 4.36. The van der Waals surface area contributed by atoms with Crippen molar-refractivity contribution in [2.45, 2.75) is 33.6 Å². The van der Waals surface area contributed by atoms with Gasteiger partial charge in [0.25, 0.3) is 0 Å². The highest BCUT2D eigenvalue weighted by atomic mass is 16.1. The zero-order valence-electron chi connectivity index (χ0n) is 15.3. The van der Waals surface area contributed by atoms with Crippen LogP contribution in [0, 0.1) is 11.3 Å². The number of allylic oxidation sites excluding steroid dienone is 2. The number of hydrogen-bond donors (Lipinski definition) is 0. The van der Waals surface area contributed by atoms with E-state index in [1.807, 2.05) is 36.4 Å². The van der Waals surface area contributed by atoms with E-state index >= 15 is 0 Å². The van der Waals surface area contributed by atoms with Crippen LogP contribution in [0.4, 0.5) is 0 Å². The Morgan fingerprint density at radius 2 is 1.16 bits per heavy atom. The standard InChI is InChI=1S/C24H26O/c1-24(2,3)22-16-20(14-18-10-6-4-7-11-18)23(25)21(17-22)15-19-12-8-5-9-13-19/h4-15,22H,16-17H2,1-3H3/b20-14-,21-15-. The fraction of sp³-hybridized carbons (Fsp3) is 0.292. The maximum atomic E-state index is 13.1. The molecule has 0 spiro atoms. The fourth-order valence-corrected chi connectivity index (χ4v) is 3.36. The van der Waals surface area contributed by atoms with Crippen molar-refractivity contribution in [1.82, 2.24) is 0 Å². The molecule has 3 rings (SSSR count). The van der Waals surface area contributed by atoms with Gasteiger partial charge in [-0.2, -0.15) is 0 Å². The molecule has 0 heterocycles. The van der Waals surface area contributed by atoms with Gasteiger partial charge in [-0.15, -0.1) is 0 Å². The van der Waals surface area contributed by atoms with Crippen molar-refractivity contribution in [2.24, 2.45) is 11.3 Å². The molecular formula is C24H26O. The highest BCUT2D eigenvalue weighted by Gasteiger charge is 2.34. The van der Waals surface area contributed by atoms with Crippen LogP contribution in [0.3, 0.4) is 0 Å². The molecule has 128 valence electrons. The van der Waals surface area contributed by atoms with Crippen LogP contribution in [0.1, 0.15) is 44.7 Å². The average molecular weight is 330 g/mol. The maximum absolute atomic E-state index is 13.1. The minimum absolute atomic E-state index is 0.173. The van der Waals surface area contributed by atoms with E-state index in [0.717, 1.165) is 35.1 Å². The summed E-state index contributed by atoms with van der Waals surface area (Å²) in [5.74, 6) is 0.670. The van der Waals surface area contributed by atoms with Gasteiger partial charge in [0.2, 0.25) is 0 Å². The lowest BCUT2D eigenvalue weighted by molar-refractivity contribution is -0.113. The average Bonchev–Trinajstić information content (AvgIpc) is 2.59. The number of carbonyl (C=O) groups excluding carboxylic acids is 1. The summed E-state index contributed by atoms with van der Waals surface area (Å²) >= 11 is 0. The van der Waals surface area contributed by atoms with Crippen molar-refractivity contribution in [2.75, 3.05) is 0 Å². The molecule has 0 N–H and O–H groups in total. The zero-order valence-corrected chi connectivity index (χ0v) is 15.3. The predicted octanol–water partition coefficient (Wildman–Crippen LogP) is 6.18. The third-order valence-corrected chi connectivity index (χ3v) is 5.02. The Balaban J connectivity index is 2.00. The van der Waals surface area contributed by atoms with Crippen LogP contribution in [0.2, 0.25) is 0 Å². The first kappa shape index (κ1) is 17.4. The molecule has 0 saturated heterocycles. The van der Waals surface area contributed by atoms with E-state index in [2.05, 4.69) is 57.2 Å². The number of hydrogen-bond acceptors (Lipinski definition) is 1. The van der Waals surface area contributed by atoms with Crippen LogP contribution >= 0.6 is 0 Å². The van der Waals surface area contributed by atoms with Gasteiger partial charge in [-0.25, -0.2) is 0 Å². The Morgan fingerprint density at radius 1 is 0.760 bits per heavy atom. The number of carbonyl (C=O) groups is 1. The second-order valence-electron chi connectivity index (χ2n) is 7.96. The molecule has 1 aliphatic rings. The molecule has 0 atom stereocenters. The van der Waals surface area contributed by atoms with Gasteiger partial charge in [0.15, 0.2) is 5.78 Å². The van der Waals surface area contributed by atoms with E-state index in [1.165, 1.54) is 0 Å². The second kappa shape index (κ2) is 7.23. The molecule has 0 bridgehead atoms. The van der Waals surface area contributed by atoms with Gasteiger partial charge in [0.1, 0.15) is 0 Å². The van der Waals surface area contributed by atoms with E-state index in [4.69, 9.17) is 0 Å². The fourth-order valence-electron chi connectivity index (χ4n) is 3.36. The number of benzene rings is 2. The van der Waals surface area contributed by atoms with E-state index in [1.54, 1.807) is 0 Å². The molecule has 1 heteroatoms. The summed E-state index contributed by atoms with van der Waals surface area (Å²) in [5, 5.41) is 0. The summed E-state index contributed by atoms with van der Waals surface area (Å²) in [6.45, 7) is 6.81. The highest BCUT2D eigenvalue weighted by molar-refractivity contribution is 6.14. The molecule has 2 aromatic rings. The SMILES string of the molecule is CC(C)(C)C1C/C(=C/c2ccccc2)C(=O)/C(=C\c2ccccc2)C1.